The maximum absolute atomic E-state index is 5.13. The predicted molar refractivity (Wildman–Crippen MR) is 178 cm³/mol. The molecule has 0 radical (unpaired) electrons. The standard InChI is InChI=1S/C40H30N2/c1-27-19-21-28(22-20-27)38-32-13-5-7-15-34(32)39(35-16-8-6-14-33(35)38)29-23-25-30(26-24-29)40-41-36-17-9-10-18-37(36)42(40)31-11-3-2-4-12-31/h2-23,25H,24,26H2,1H3. The summed E-state index contributed by atoms with van der Waals surface area (Å²) in [5.41, 5.74) is 11.2. The van der Waals surface area contributed by atoms with Crippen LogP contribution in [0.15, 0.2) is 140 Å². The van der Waals surface area contributed by atoms with Crippen molar-refractivity contribution in [1.82, 2.24) is 9.55 Å². The van der Waals surface area contributed by atoms with E-state index in [2.05, 4.69) is 151 Å². The largest absolute Gasteiger partial charge is 0.293 e. The van der Waals surface area contributed by atoms with Gasteiger partial charge in [0.05, 0.1) is 11.0 Å². The molecule has 1 aromatic heterocycles. The monoisotopic (exact) mass is 538 g/mol. The molecule has 0 spiro atoms. The number of benzene rings is 6. The molecule has 1 heterocycles. The minimum absolute atomic E-state index is 0.935. The van der Waals surface area contributed by atoms with Crippen LogP contribution in [0.2, 0.25) is 0 Å². The lowest BCUT2D eigenvalue weighted by molar-refractivity contribution is 0.991. The molecular formula is C40H30N2. The van der Waals surface area contributed by atoms with Crippen molar-refractivity contribution < 1.29 is 0 Å². The Kier molecular flexibility index (Phi) is 5.86. The summed E-state index contributed by atoms with van der Waals surface area (Å²) < 4.78 is 2.31. The SMILES string of the molecule is Cc1ccc(-c2c3ccccc3c(C3=CC=C(c4nc5ccccc5n4-c4ccccc4)CC3)c3ccccc23)cc1. The lowest BCUT2D eigenvalue weighted by atomic mass is 9.83. The number of allylic oxidation sites excluding steroid dienone is 4. The topological polar surface area (TPSA) is 17.8 Å². The summed E-state index contributed by atoms with van der Waals surface area (Å²) >= 11 is 0. The number of aromatic nitrogens is 2. The third-order valence-corrected chi connectivity index (χ3v) is 8.60. The first-order valence-corrected chi connectivity index (χ1v) is 14.7. The number of fused-ring (bicyclic) bond motifs is 3. The van der Waals surface area contributed by atoms with Gasteiger partial charge in [0.2, 0.25) is 0 Å². The van der Waals surface area contributed by atoms with Crippen molar-refractivity contribution in [2.45, 2.75) is 19.8 Å². The summed E-state index contributed by atoms with van der Waals surface area (Å²) in [4.78, 5) is 5.13. The van der Waals surface area contributed by atoms with Crippen LogP contribution in [0.4, 0.5) is 0 Å². The van der Waals surface area contributed by atoms with Gasteiger partial charge >= 0.3 is 0 Å². The van der Waals surface area contributed by atoms with E-state index in [9.17, 15) is 0 Å². The molecule has 0 fully saturated rings. The Balaban J connectivity index is 1.32. The molecule has 1 aliphatic carbocycles. The first-order valence-electron chi connectivity index (χ1n) is 14.7. The second-order valence-corrected chi connectivity index (χ2v) is 11.2. The molecule has 0 saturated carbocycles. The Bertz CT molecular complexity index is 2120. The highest BCUT2D eigenvalue weighted by atomic mass is 15.1. The molecule has 0 saturated heterocycles. The van der Waals surface area contributed by atoms with Crippen LogP contribution in [0.5, 0.6) is 0 Å². The number of imidazole rings is 1. The Hall–Kier alpha value is -5.21. The van der Waals surface area contributed by atoms with E-state index < -0.39 is 0 Å². The number of hydrogen-bond donors (Lipinski definition) is 0. The van der Waals surface area contributed by atoms with Crippen molar-refractivity contribution in [3.63, 3.8) is 0 Å². The van der Waals surface area contributed by atoms with E-state index in [4.69, 9.17) is 4.98 Å². The van der Waals surface area contributed by atoms with Gasteiger partial charge in [-0.1, -0.05) is 121 Å². The molecule has 0 unspecified atom stereocenters. The van der Waals surface area contributed by atoms with E-state index in [1.54, 1.807) is 0 Å². The molecule has 2 heteroatoms. The molecule has 0 N–H and O–H groups in total. The molecule has 200 valence electrons. The minimum Gasteiger partial charge on any atom is -0.293 e. The molecule has 8 rings (SSSR count). The van der Waals surface area contributed by atoms with Crippen LogP contribution in [0.3, 0.4) is 0 Å². The molecule has 0 bridgehead atoms. The molecule has 0 atom stereocenters. The van der Waals surface area contributed by atoms with E-state index in [0.717, 1.165) is 35.4 Å². The predicted octanol–water partition coefficient (Wildman–Crippen LogP) is 10.6. The third kappa shape index (κ3) is 3.99. The van der Waals surface area contributed by atoms with E-state index >= 15 is 0 Å². The second-order valence-electron chi connectivity index (χ2n) is 11.2. The lowest BCUT2D eigenvalue weighted by Gasteiger charge is -2.21. The molecule has 0 aliphatic heterocycles. The zero-order valence-corrected chi connectivity index (χ0v) is 23.6. The van der Waals surface area contributed by atoms with Crippen molar-refractivity contribution in [3.05, 3.63) is 156 Å². The molecule has 42 heavy (non-hydrogen) atoms. The summed E-state index contributed by atoms with van der Waals surface area (Å²) in [6.45, 7) is 2.15. The van der Waals surface area contributed by atoms with Gasteiger partial charge < -0.3 is 0 Å². The van der Waals surface area contributed by atoms with E-state index in [0.29, 0.717) is 0 Å². The smallest absolute Gasteiger partial charge is 0.141 e. The molecule has 6 aromatic carbocycles. The van der Waals surface area contributed by atoms with Crippen LogP contribution in [0.1, 0.15) is 29.8 Å². The lowest BCUT2D eigenvalue weighted by Crippen LogP contribution is -2.03. The zero-order chi connectivity index (χ0) is 28.0. The highest BCUT2D eigenvalue weighted by Crippen LogP contribution is 2.44. The van der Waals surface area contributed by atoms with Gasteiger partial charge in [-0.15, -0.1) is 0 Å². The van der Waals surface area contributed by atoms with E-state index in [1.165, 1.54) is 54.9 Å². The molecule has 7 aromatic rings. The van der Waals surface area contributed by atoms with Crippen LogP contribution in [0, 0.1) is 6.92 Å². The van der Waals surface area contributed by atoms with Crippen molar-refractivity contribution in [2.24, 2.45) is 0 Å². The summed E-state index contributed by atoms with van der Waals surface area (Å²) in [5.74, 6) is 1.03. The first kappa shape index (κ1) is 24.6. The van der Waals surface area contributed by atoms with Crippen molar-refractivity contribution >= 4 is 43.7 Å². The third-order valence-electron chi connectivity index (χ3n) is 8.60. The highest BCUT2D eigenvalue weighted by Gasteiger charge is 2.22. The molecule has 1 aliphatic rings. The number of para-hydroxylation sites is 3. The van der Waals surface area contributed by atoms with Gasteiger partial charge in [-0.05, 0) is 93.4 Å². The van der Waals surface area contributed by atoms with E-state index in [-0.39, 0.29) is 0 Å². The van der Waals surface area contributed by atoms with Crippen molar-refractivity contribution in [2.75, 3.05) is 0 Å². The van der Waals surface area contributed by atoms with Crippen LogP contribution < -0.4 is 0 Å². The van der Waals surface area contributed by atoms with Gasteiger partial charge in [0.25, 0.3) is 0 Å². The Labute approximate surface area is 245 Å². The Morgan fingerprint density at radius 1 is 0.524 bits per heavy atom. The van der Waals surface area contributed by atoms with Gasteiger partial charge in [0.1, 0.15) is 5.82 Å². The second kappa shape index (κ2) is 10.0. The first-order chi connectivity index (χ1) is 20.8. The Morgan fingerprint density at radius 3 is 1.71 bits per heavy atom. The fourth-order valence-corrected chi connectivity index (χ4v) is 6.62. The number of nitrogens with zero attached hydrogens (tertiary/aromatic N) is 2. The fourth-order valence-electron chi connectivity index (χ4n) is 6.62. The molecular weight excluding hydrogens is 508 g/mol. The van der Waals surface area contributed by atoms with Gasteiger partial charge in [-0.2, -0.15) is 0 Å². The molecule has 2 nitrogen and oxygen atoms in total. The number of hydrogen-bond acceptors (Lipinski definition) is 1. The normalized spacial score (nSPS) is 13.5. The number of rotatable bonds is 4. The van der Waals surface area contributed by atoms with Gasteiger partial charge in [0, 0.05) is 5.69 Å². The minimum atomic E-state index is 0.935. The maximum Gasteiger partial charge on any atom is 0.141 e. The summed E-state index contributed by atoms with van der Waals surface area (Å²) in [5, 5.41) is 5.23. The average molecular weight is 539 g/mol. The summed E-state index contributed by atoms with van der Waals surface area (Å²) in [7, 11) is 0. The summed E-state index contributed by atoms with van der Waals surface area (Å²) in [6, 6.07) is 45.8. The van der Waals surface area contributed by atoms with Gasteiger partial charge in [-0.3, -0.25) is 4.57 Å². The van der Waals surface area contributed by atoms with Gasteiger partial charge in [-0.25, -0.2) is 4.98 Å². The Morgan fingerprint density at radius 2 is 1.07 bits per heavy atom. The van der Waals surface area contributed by atoms with E-state index in [1.807, 2.05) is 0 Å². The zero-order valence-electron chi connectivity index (χ0n) is 23.6. The summed E-state index contributed by atoms with van der Waals surface area (Å²) in [6.07, 6.45) is 6.54. The average Bonchev–Trinajstić information content (AvgIpc) is 3.44. The quantitative estimate of drug-likeness (QED) is 0.204. The van der Waals surface area contributed by atoms with Crippen LogP contribution in [-0.4, -0.2) is 9.55 Å². The van der Waals surface area contributed by atoms with Crippen LogP contribution in [-0.2, 0) is 0 Å². The highest BCUT2D eigenvalue weighted by molar-refractivity contribution is 6.19. The van der Waals surface area contributed by atoms with Crippen LogP contribution in [0.25, 0.3) is 60.5 Å². The molecule has 0 amide bonds. The van der Waals surface area contributed by atoms with Crippen LogP contribution >= 0.6 is 0 Å². The van der Waals surface area contributed by atoms with Crippen molar-refractivity contribution in [3.8, 4) is 16.8 Å². The number of aryl methyl sites for hydroxylation is 1. The fraction of sp³-hybridized carbons (Fsp3) is 0.0750. The van der Waals surface area contributed by atoms with Gasteiger partial charge in [0.15, 0.2) is 0 Å². The van der Waals surface area contributed by atoms with Crippen molar-refractivity contribution in [1.29, 1.82) is 0 Å². The maximum atomic E-state index is 5.13.